The summed E-state index contributed by atoms with van der Waals surface area (Å²) in [7, 11) is 0. The molecule has 0 radical (unpaired) electrons. The zero-order valence-corrected chi connectivity index (χ0v) is 11.8. The molecule has 0 aliphatic rings. The van der Waals surface area contributed by atoms with Crippen molar-refractivity contribution in [3.63, 3.8) is 0 Å². The fourth-order valence-corrected chi connectivity index (χ4v) is 2.30. The van der Waals surface area contributed by atoms with Crippen molar-refractivity contribution in [2.75, 3.05) is 5.32 Å². The first-order valence-corrected chi connectivity index (χ1v) is 6.72. The summed E-state index contributed by atoms with van der Waals surface area (Å²) >= 11 is 4.12. The monoisotopic (exact) mass is 298 g/mol. The molecule has 0 saturated heterocycles. The van der Waals surface area contributed by atoms with Crippen LogP contribution in [0.25, 0.3) is 10.8 Å². The molecule has 0 aliphatic carbocycles. The molecule has 2 aromatic carbocycles. The van der Waals surface area contributed by atoms with Crippen LogP contribution in [-0.4, -0.2) is 10.9 Å². The van der Waals surface area contributed by atoms with Crippen molar-refractivity contribution < 1.29 is 9.18 Å². The van der Waals surface area contributed by atoms with E-state index >= 15 is 0 Å². The zero-order valence-electron chi connectivity index (χ0n) is 10.9. The number of thiol groups is 1. The molecule has 3 aromatic rings. The Hall–Kier alpha value is -2.40. The number of hydrogen-bond acceptors (Lipinski definition) is 3. The molecule has 1 aromatic heterocycles. The third-order valence-electron chi connectivity index (χ3n) is 3.13. The number of fused-ring (bicyclic) bond motifs is 1. The Morgan fingerprint density at radius 3 is 2.90 bits per heavy atom. The van der Waals surface area contributed by atoms with Crippen LogP contribution in [-0.2, 0) is 0 Å². The molecule has 0 saturated carbocycles. The smallest absolute Gasteiger partial charge is 0.258 e. The van der Waals surface area contributed by atoms with Gasteiger partial charge in [-0.3, -0.25) is 9.78 Å². The number of carbonyl (C=O) groups is 1. The maximum Gasteiger partial charge on any atom is 0.258 e. The van der Waals surface area contributed by atoms with Gasteiger partial charge in [0.1, 0.15) is 5.82 Å². The molecule has 0 fully saturated rings. The van der Waals surface area contributed by atoms with Gasteiger partial charge in [-0.1, -0.05) is 12.1 Å². The molecule has 1 heterocycles. The molecule has 21 heavy (non-hydrogen) atoms. The van der Waals surface area contributed by atoms with Crippen molar-refractivity contribution in [3.05, 3.63) is 66.2 Å². The number of amides is 1. The Morgan fingerprint density at radius 1 is 1.19 bits per heavy atom. The van der Waals surface area contributed by atoms with Gasteiger partial charge in [0, 0.05) is 22.7 Å². The van der Waals surface area contributed by atoms with Gasteiger partial charge in [-0.2, -0.15) is 0 Å². The number of hydrogen-bond donors (Lipinski definition) is 2. The predicted molar refractivity (Wildman–Crippen MR) is 83.3 cm³/mol. The molecule has 0 aliphatic heterocycles. The lowest BCUT2D eigenvalue weighted by molar-refractivity contribution is 0.102. The largest absolute Gasteiger partial charge is 0.321 e. The van der Waals surface area contributed by atoms with Gasteiger partial charge in [-0.25, -0.2) is 4.39 Å². The fraction of sp³-hybridized carbons (Fsp3) is 0. The molecule has 1 amide bonds. The number of anilines is 1. The summed E-state index contributed by atoms with van der Waals surface area (Å²) < 4.78 is 13.7. The van der Waals surface area contributed by atoms with E-state index in [1.165, 1.54) is 18.2 Å². The SMILES string of the molecule is O=C(Nc1cccc2ccncc12)c1cc(S)ccc1F. The van der Waals surface area contributed by atoms with Crippen molar-refractivity contribution >= 4 is 35.0 Å². The number of rotatable bonds is 2. The van der Waals surface area contributed by atoms with E-state index in [-0.39, 0.29) is 5.56 Å². The fourth-order valence-electron chi connectivity index (χ4n) is 2.10. The van der Waals surface area contributed by atoms with Gasteiger partial charge in [0.05, 0.1) is 11.3 Å². The molecule has 5 heteroatoms. The first-order valence-electron chi connectivity index (χ1n) is 6.28. The van der Waals surface area contributed by atoms with Gasteiger partial charge < -0.3 is 5.32 Å². The Morgan fingerprint density at radius 2 is 2.05 bits per heavy atom. The van der Waals surface area contributed by atoms with Crippen molar-refractivity contribution in [1.82, 2.24) is 4.98 Å². The van der Waals surface area contributed by atoms with Crippen LogP contribution in [0.5, 0.6) is 0 Å². The van der Waals surface area contributed by atoms with Crippen LogP contribution in [0, 0.1) is 5.82 Å². The highest BCUT2D eigenvalue weighted by Gasteiger charge is 2.13. The van der Waals surface area contributed by atoms with E-state index in [4.69, 9.17) is 0 Å². The van der Waals surface area contributed by atoms with Crippen LogP contribution >= 0.6 is 12.6 Å². The number of carbonyl (C=O) groups excluding carboxylic acids is 1. The number of pyridine rings is 1. The highest BCUT2D eigenvalue weighted by molar-refractivity contribution is 7.80. The number of halogens is 1. The Kier molecular flexibility index (Phi) is 3.58. The lowest BCUT2D eigenvalue weighted by Crippen LogP contribution is -2.14. The average Bonchev–Trinajstić information content (AvgIpc) is 2.50. The lowest BCUT2D eigenvalue weighted by atomic mass is 10.1. The molecule has 104 valence electrons. The van der Waals surface area contributed by atoms with Crippen LogP contribution in [0.4, 0.5) is 10.1 Å². The average molecular weight is 298 g/mol. The quantitative estimate of drug-likeness (QED) is 0.704. The molecular formula is C16H11FN2OS. The van der Waals surface area contributed by atoms with Crippen molar-refractivity contribution in [3.8, 4) is 0 Å². The molecule has 0 bridgehead atoms. The second-order valence-electron chi connectivity index (χ2n) is 4.52. The van der Waals surface area contributed by atoms with Gasteiger partial charge >= 0.3 is 0 Å². The maximum atomic E-state index is 13.7. The summed E-state index contributed by atoms with van der Waals surface area (Å²) in [4.78, 5) is 16.8. The summed E-state index contributed by atoms with van der Waals surface area (Å²) in [6.45, 7) is 0. The maximum absolute atomic E-state index is 13.7. The Bertz CT molecular complexity index is 830. The van der Waals surface area contributed by atoms with E-state index in [9.17, 15) is 9.18 Å². The third kappa shape index (κ3) is 2.73. The van der Waals surface area contributed by atoms with Crippen LogP contribution < -0.4 is 5.32 Å². The molecular weight excluding hydrogens is 287 g/mol. The van der Waals surface area contributed by atoms with Crippen molar-refractivity contribution in [1.29, 1.82) is 0 Å². The number of benzene rings is 2. The lowest BCUT2D eigenvalue weighted by Gasteiger charge is -2.09. The zero-order chi connectivity index (χ0) is 14.8. The van der Waals surface area contributed by atoms with Crippen LogP contribution in [0.2, 0.25) is 0 Å². The summed E-state index contributed by atoms with van der Waals surface area (Å²) in [6, 6.07) is 11.5. The first-order chi connectivity index (χ1) is 10.1. The van der Waals surface area contributed by atoms with Crippen molar-refractivity contribution in [2.45, 2.75) is 4.90 Å². The van der Waals surface area contributed by atoms with Gasteiger partial charge in [0.15, 0.2) is 0 Å². The first kappa shape index (κ1) is 13.6. The van der Waals surface area contributed by atoms with E-state index < -0.39 is 11.7 Å². The van der Waals surface area contributed by atoms with Gasteiger partial charge in [0.2, 0.25) is 0 Å². The van der Waals surface area contributed by atoms with Crippen molar-refractivity contribution in [2.24, 2.45) is 0 Å². The molecule has 0 unspecified atom stereocenters. The van der Waals surface area contributed by atoms with Crippen LogP contribution in [0.3, 0.4) is 0 Å². The summed E-state index contributed by atoms with van der Waals surface area (Å²) in [6.07, 6.45) is 3.34. The number of aromatic nitrogens is 1. The molecule has 1 N–H and O–H groups in total. The summed E-state index contributed by atoms with van der Waals surface area (Å²) in [5, 5.41) is 4.47. The van der Waals surface area contributed by atoms with Gasteiger partial charge in [0.25, 0.3) is 5.91 Å². The van der Waals surface area contributed by atoms with Crippen LogP contribution in [0.1, 0.15) is 10.4 Å². The highest BCUT2D eigenvalue weighted by Crippen LogP contribution is 2.23. The number of nitrogens with zero attached hydrogens (tertiary/aromatic N) is 1. The molecule has 3 nitrogen and oxygen atoms in total. The van der Waals surface area contributed by atoms with E-state index in [1.807, 2.05) is 18.2 Å². The van der Waals surface area contributed by atoms with E-state index in [1.54, 1.807) is 18.5 Å². The standard InChI is InChI=1S/C16H11FN2OS/c17-14-5-4-11(21)8-12(14)16(20)19-15-3-1-2-10-6-7-18-9-13(10)15/h1-9,21H,(H,19,20). The van der Waals surface area contributed by atoms with Gasteiger partial charge in [-0.15, -0.1) is 12.6 Å². The second-order valence-corrected chi connectivity index (χ2v) is 5.04. The Labute approximate surface area is 126 Å². The highest BCUT2D eigenvalue weighted by atomic mass is 32.1. The Balaban J connectivity index is 1.99. The summed E-state index contributed by atoms with van der Waals surface area (Å²) in [5.74, 6) is -1.09. The topological polar surface area (TPSA) is 42.0 Å². The summed E-state index contributed by atoms with van der Waals surface area (Å²) in [5.41, 5.74) is 0.554. The minimum atomic E-state index is -0.580. The van der Waals surface area contributed by atoms with E-state index in [2.05, 4.69) is 22.9 Å². The second kappa shape index (κ2) is 5.54. The van der Waals surface area contributed by atoms with Gasteiger partial charge in [-0.05, 0) is 35.7 Å². The molecule has 3 rings (SSSR count). The van der Waals surface area contributed by atoms with E-state index in [0.717, 1.165) is 10.8 Å². The predicted octanol–water partition coefficient (Wildman–Crippen LogP) is 3.91. The van der Waals surface area contributed by atoms with Crippen LogP contribution in [0.15, 0.2) is 59.8 Å². The number of nitrogens with one attached hydrogen (secondary N) is 1. The normalized spacial score (nSPS) is 10.6. The third-order valence-corrected chi connectivity index (χ3v) is 3.40. The molecule has 0 atom stereocenters. The molecule has 0 spiro atoms. The minimum Gasteiger partial charge on any atom is -0.321 e. The minimum absolute atomic E-state index is 0.0385. The van der Waals surface area contributed by atoms with E-state index in [0.29, 0.717) is 10.6 Å².